The lowest BCUT2D eigenvalue weighted by Crippen LogP contribution is -2.32. The zero-order valence-electron chi connectivity index (χ0n) is 20.4. The van der Waals surface area contributed by atoms with E-state index in [0.717, 1.165) is 36.7 Å². The van der Waals surface area contributed by atoms with Crippen molar-refractivity contribution in [2.75, 3.05) is 27.2 Å². The van der Waals surface area contributed by atoms with E-state index in [1.165, 1.54) is 28.2 Å². The summed E-state index contributed by atoms with van der Waals surface area (Å²) in [5.74, 6) is 0. The Morgan fingerprint density at radius 3 is 2.55 bits per heavy atom. The molecular formula is C27H35N5S. The van der Waals surface area contributed by atoms with E-state index in [1.807, 2.05) is 12.3 Å². The fraction of sp³-hybridized carbons (Fsp3) is 0.407. The second-order valence-electron chi connectivity index (χ2n) is 9.12. The molecule has 0 unspecified atom stereocenters. The van der Waals surface area contributed by atoms with Gasteiger partial charge >= 0.3 is 0 Å². The van der Waals surface area contributed by atoms with E-state index in [1.54, 1.807) is 0 Å². The van der Waals surface area contributed by atoms with Crippen LogP contribution in [0, 0.1) is 13.8 Å². The molecule has 1 aromatic carbocycles. The predicted octanol–water partition coefficient (Wildman–Crippen LogP) is 4.98. The summed E-state index contributed by atoms with van der Waals surface area (Å²) in [6, 6.07) is 17.3. The summed E-state index contributed by atoms with van der Waals surface area (Å²) in [7, 11) is 4.24. The predicted molar refractivity (Wildman–Crippen MR) is 140 cm³/mol. The van der Waals surface area contributed by atoms with Crippen LogP contribution in [0.1, 0.15) is 53.6 Å². The summed E-state index contributed by atoms with van der Waals surface area (Å²) in [5.41, 5.74) is 7.47. The van der Waals surface area contributed by atoms with Crippen molar-refractivity contribution in [3.8, 4) is 5.69 Å². The first-order valence-corrected chi connectivity index (χ1v) is 12.2. The molecule has 33 heavy (non-hydrogen) atoms. The lowest BCUT2D eigenvalue weighted by Gasteiger charge is -2.28. The van der Waals surface area contributed by atoms with E-state index < -0.39 is 0 Å². The first-order valence-electron chi connectivity index (χ1n) is 11.8. The Labute approximate surface area is 203 Å². The first-order chi connectivity index (χ1) is 15.9. The van der Waals surface area contributed by atoms with Gasteiger partial charge in [0.1, 0.15) is 0 Å². The molecule has 174 valence electrons. The number of thiocarbonyl (C=S) groups is 1. The van der Waals surface area contributed by atoms with Crippen LogP contribution < -0.4 is 5.32 Å². The fourth-order valence-electron chi connectivity index (χ4n) is 5.03. The van der Waals surface area contributed by atoms with Crippen molar-refractivity contribution in [2.24, 2.45) is 0 Å². The largest absolute Gasteiger partial charge is 0.352 e. The minimum absolute atomic E-state index is 0.0217. The van der Waals surface area contributed by atoms with Gasteiger partial charge in [0.2, 0.25) is 0 Å². The van der Waals surface area contributed by atoms with Gasteiger partial charge < -0.3 is 19.7 Å². The second-order valence-corrected chi connectivity index (χ2v) is 9.51. The molecule has 1 fully saturated rings. The number of pyridine rings is 1. The topological polar surface area (TPSA) is 36.3 Å². The van der Waals surface area contributed by atoms with Crippen LogP contribution in [0.5, 0.6) is 0 Å². The van der Waals surface area contributed by atoms with Gasteiger partial charge in [-0.05, 0) is 94.9 Å². The van der Waals surface area contributed by atoms with Crippen molar-refractivity contribution in [3.05, 3.63) is 82.9 Å². The van der Waals surface area contributed by atoms with Crippen molar-refractivity contribution < 1.29 is 0 Å². The number of nitrogens with one attached hydrogen (secondary N) is 1. The van der Waals surface area contributed by atoms with E-state index >= 15 is 0 Å². The molecule has 0 spiro atoms. The number of hydrogen-bond donors (Lipinski definition) is 1. The molecule has 1 aliphatic heterocycles. The van der Waals surface area contributed by atoms with Crippen molar-refractivity contribution >= 4 is 17.3 Å². The van der Waals surface area contributed by atoms with Crippen molar-refractivity contribution in [1.29, 1.82) is 0 Å². The maximum Gasteiger partial charge on any atom is 0.170 e. The summed E-state index contributed by atoms with van der Waals surface area (Å²) in [5, 5.41) is 4.41. The van der Waals surface area contributed by atoms with Gasteiger partial charge in [0.15, 0.2) is 5.11 Å². The molecule has 5 nitrogen and oxygen atoms in total. The minimum Gasteiger partial charge on any atom is -0.352 e. The third-order valence-electron chi connectivity index (χ3n) is 6.60. The van der Waals surface area contributed by atoms with E-state index in [9.17, 15) is 0 Å². The Kier molecular flexibility index (Phi) is 7.15. The Bertz CT molecular complexity index is 1100. The Hall–Kier alpha value is -2.70. The van der Waals surface area contributed by atoms with Crippen molar-refractivity contribution in [2.45, 2.75) is 45.7 Å². The Balaban J connectivity index is 1.79. The van der Waals surface area contributed by atoms with Gasteiger partial charge in [0.25, 0.3) is 0 Å². The van der Waals surface area contributed by atoms with Crippen molar-refractivity contribution in [3.63, 3.8) is 0 Å². The Morgan fingerprint density at radius 1 is 1.09 bits per heavy atom. The highest BCUT2D eigenvalue weighted by molar-refractivity contribution is 7.80. The van der Waals surface area contributed by atoms with E-state index in [2.05, 4.69) is 97.0 Å². The number of benzene rings is 1. The molecule has 3 aromatic rings. The minimum atomic E-state index is 0.0217. The molecule has 0 amide bonds. The molecule has 0 aliphatic carbocycles. The molecule has 2 aromatic heterocycles. The fourth-order valence-corrected chi connectivity index (χ4v) is 5.36. The van der Waals surface area contributed by atoms with Gasteiger partial charge in [-0.15, -0.1) is 0 Å². The number of aryl methyl sites for hydroxylation is 2. The lowest BCUT2D eigenvalue weighted by atomic mass is 9.96. The third kappa shape index (κ3) is 4.68. The molecule has 1 aliphatic rings. The summed E-state index contributed by atoms with van der Waals surface area (Å²) >= 11 is 5.86. The molecule has 0 saturated carbocycles. The van der Waals surface area contributed by atoms with Crippen LogP contribution in [0.25, 0.3) is 5.69 Å². The smallest absolute Gasteiger partial charge is 0.170 e. The first kappa shape index (κ1) is 23.5. The highest BCUT2D eigenvalue weighted by Gasteiger charge is 2.41. The van der Waals surface area contributed by atoms with Crippen LogP contribution in [0.2, 0.25) is 0 Å². The SMILES string of the molecule is CCc1ccccc1-n1c(C)cc([C@@H]2[C@@H](c3ccccn3)NC(=S)N2CCCN(C)C)c1C. The van der Waals surface area contributed by atoms with Crippen LogP contribution in [-0.4, -0.2) is 51.6 Å². The third-order valence-corrected chi connectivity index (χ3v) is 6.96. The highest BCUT2D eigenvalue weighted by Crippen LogP contribution is 2.41. The summed E-state index contributed by atoms with van der Waals surface area (Å²) < 4.78 is 2.41. The summed E-state index contributed by atoms with van der Waals surface area (Å²) in [4.78, 5) is 9.29. The monoisotopic (exact) mass is 461 g/mol. The molecule has 6 heteroatoms. The van der Waals surface area contributed by atoms with Gasteiger partial charge in [0.05, 0.1) is 17.8 Å². The molecule has 1 N–H and O–H groups in total. The van der Waals surface area contributed by atoms with Gasteiger partial charge in [-0.25, -0.2) is 0 Å². The van der Waals surface area contributed by atoms with Crippen LogP contribution in [-0.2, 0) is 6.42 Å². The summed E-state index contributed by atoms with van der Waals surface area (Å²) in [6.45, 7) is 8.60. The van der Waals surface area contributed by atoms with Crippen LogP contribution in [0.15, 0.2) is 54.7 Å². The molecule has 0 bridgehead atoms. The van der Waals surface area contributed by atoms with Gasteiger partial charge in [-0.2, -0.15) is 0 Å². The van der Waals surface area contributed by atoms with Crippen LogP contribution >= 0.6 is 12.2 Å². The normalized spacial score (nSPS) is 18.2. The van der Waals surface area contributed by atoms with Gasteiger partial charge in [0, 0.05) is 29.8 Å². The number of hydrogen-bond acceptors (Lipinski definition) is 3. The van der Waals surface area contributed by atoms with E-state index in [0.29, 0.717) is 0 Å². The number of aromatic nitrogens is 2. The molecule has 2 atom stereocenters. The zero-order chi connectivity index (χ0) is 23.5. The number of para-hydroxylation sites is 1. The molecule has 4 rings (SSSR count). The maximum atomic E-state index is 5.86. The molecule has 1 saturated heterocycles. The highest BCUT2D eigenvalue weighted by atomic mass is 32.1. The van der Waals surface area contributed by atoms with E-state index in [-0.39, 0.29) is 12.1 Å². The molecule has 0 radical (unpaired) electrons. The van der Waals surface area contributed by atoms with Crippen LogP contribution in [0.3, 0.4) is 0 Å². The lowest BCUT2D eigenvalue weighted by molar-refractivity contribution is 0.292. The zero-order valence-corrected chi connectivity index (χ0v) is 21.2. The van der Waals surface area contributed by atoms with Gasteiger partial charge in [-0.1, -0.05) is 31.2 Å². The van der Waals surface area contributed by atoms with E-state index in [4.69, 9.17) is 17.2 Å². The molecule has 3 heterocycles. The summed E-state index contributed by atoms with van der Waals surface area (Å²) in [6.07, 6.45) is 3.93. The van der Waals surface area contributed by atoms with Crippen molar-refractivity contribution in [1.82, 2.24) is 24.7 Å². The van der Waals surface area contributed by atoms with Gasteiger partial charge in [-0.3, -0.25) is 4.98 Å². The van der Waals surface area contributed by atoms with Crippen LogP contribution in [0.4, 0.5) is 0 Å². The average molecular weight is 462 g/mol. The Morgan fingerprint density at radius 2 is 1.85 bits per heavy atom. The molecular weight excluding hydrogens is 426 g/mol. The standard InChI is InChI=1S/C27H35N5S/c1-6-21-12-7-8-14-24(21)32-19(2)18-22(20(32)3)26-25(23-13-9-10-15-28-23)29-27(33)31(26)17-11-16-30(4)5/h7-10,12-15,18,25-26H,6,11,16-17H2,1-5H3,(H,29,33)/t25-,26-/m1/s1. The quantitative estimate of drug-likeness (QED) is 0.479. The number of rotatable bonds is 8. The maximum absolute atomic E-state index is 5.86. The average Bonchev–Trinajstić information content (AvgIpc) is 3.29. The second kappa shape index (κ2) is 10.1. The number of nitrogens with zero attached hydrogens (tertiary/aromatic N) is 4.